The fourth-order valence-electron chi connectivity index (χ4n) is 2.77. The number of Topliss-reactive ketones (excluding diaryl/α,β-unsaturated/α-hetero) is 1. The highest BCUT2D eigenvalue weighted by Gasteiger charge is 2.38. The molecule has 1 saturated heterocycles. The maximum Gasteiger partial charge on any atom is 0.316 e. The zero-order valence-electron chi connectivity index (χ0n) is 18.1. The largest absolute Gasteiger partial charge is 0.368 e. The van der Waals surface area contributed by atoms with Gasteiger partial charge in [0.05, 0.1) is 17.9 Å². The quantitative estimate of drug-likeness (QED) is 0.159. The molecular formula is C20H28N6O5. The summed E-state index contributed by atoms with van der Waals surface area (Å²) in [6, 6.07) is 4.61. The molecule has 0 aliphatic carbocycles. The van der Waals surface area contributed by atoms with Gasteiger partial charge in [0.15, 0.2) is 0 Å². The summed E-state index contributed by atoms with van der Waals surface area (Å²) in [6.45, 7) is 7.16. The van der Waals surface area contributed by atoms with Gasteiger partial charge in [-0.25, -0.2) is 10.1 Å². The van der Waals surface area contributed by atoms with E-state index in [1.54, 1.807) is 26.8 Å². The number of carbonyl (C=O) groups excluding carboxylic acids is 3. The van der Waals surface area contributed by atoms with Gasteiger partial charge in [-0.3, -0.25) is 19.2 Å². The minimum Gasteiger partial charge on any atom is -0.368 e. The summed E-state index contributed by atoms with van der Waals surface area (Å²) in [5, 5.41) is 10.2. The van der Waals surface area contributed by atoms with Gasteiger partial charge in [-0.2, -0.15) is 0 Å². The number of carbonyl (C=O) groups is 3. The fraction of sp³-hybridized carbons (Fsp3) is 0.500. The van der Waals surface area contributed by atoms with Crippen LogP contribution in [0.4, 0.5) is 5.69 Å². The van der Waals surface area contributed by atoms with Crippen molar-refractivity contribution in [3.05, 3.63) is 29.3 Å². The smallest absolute Gasteiger partial charge is 0.316 e. The minimum absolute atomic E-state index is 0.154. The van der Waals surface area contributed by atoms with Crippen molar-refractivity contribution in [2.24, 2.45) is 21.2 Å². The highest BCUT2D eigenvalue weighted by atomic mass is 16.7. The highest BCUT2D eigenvalue weighted by molar-refractivity contribution is 6.36. The molecule has 0 saturated carbocycles. The van der Waals surface area contributed by atoms with E-state index in [1.165, 1.54) is 6.34 Å². The first-order valence-electron chi connectivity index (χ1n) is 9.75. The Bertz CT molecular complexity index is 877. The Hall–Kier alpha value is -3.18. The molecule has 168 valence electrons. The maximum atomic E-state index is 12.7. The van der Waals surface area contributed by atoms with E-state index in [4.69, 9.17) is 15.4 Å². The Morgan fingerprint density at radius 2 is 2.10 bits per heavy atom. The molecule has 1 heterocycles. The number of aliphatic imine (C=N–C) groups is 1. The molecule has 0 aromatic heterocycles. The lowest BCUT2D eigenvalue weighted by Crippen LogP contribution is -2.48. The van der Waals surface area contributed by atoms with Gasteiger partial charge in [-0.1, -0.05) is 22.9 Å². The number of hydrogen-bond donors (Lipinski definition) is 2. The SMILES string of the molecule is Cc1ccc(N=CN=NN)c(CNC(=O)[C@@H]2CCON2C(=O)C(=O)COC(C)(C)C)c1. The predicted octanol–water partition coefficient (Wildman–Crippen LogP) is 1.51. The standard InChI is InChI=1S/C20H28N6O5/c1-13-5-6-15(23-12-24-25-21)14(9-13)10-22-18(28)16-7-8-31-26(16)19(29)17(27)11-30-20(2,3)4/h5-6,9,12,16H,7-8,10-11H2,1-4H3,(H,22,28)(H2,21,23,24)/t16-/m0/s1. The lowest BCUT2D eigenvalue weighted by molar-refractivity contribution is -0.183. The molecule has 1 fully saturated rings. The molecule has 0 radical (unpaired) electrons. The summed E-state index contributed by atoms with van der Waals surface area (Å²) in [5.74, 6) is 2.83. The van der Waals surface area contributed by atoms with Gasteiger partial charge >= 0.3 is 5.91 Å². The predicted molar refractivity (Wildman–Crippen MR) is 112 cm³/mol. The lowest BCUT2D eigenvalue weighted by atomic mass is 10.1. The van der Waals surface area contributed by atoms with Crippen LogP contribution < -0.4 is 11.2 Å². The first kappa shape index (κ1) is 24.1. The zero-order chi connectivity index (χ0) is 23.0. The summed E-state index contributed by atoms with van der Waals surface area (Å²) in [5.41, 5.74) is 1.73. The average molecular weight is 432 g/mol. The zero-order valence-corrected chi connectivity index (χ0v) is 18.1. The van der Waals surface area contributed by atoms with Gasteiger partial charge in [-0.15, -0.1) is 5.11 Å². The first-order valence-corrected chi connectivity index (χ1v) is 9.75. The number of aryl methyl sites for hydroxylation is 1. The summed E-state index contributed by atoms with van der Waals surface area (Å²) < 4.78 is 5.35. The molecule has 1 aromatic carbocycles. The van der Waals surface area contributed by atoms with Crippen LogP contribution >= 0.6 is 0 Å². The normalized spacial score (nSPS) is 16.9. The van der Waals surface area contributed by atoms with E-state index in [0.29, 0.717) is 5.69 Å². The van der Waals surface area contributed by atoms with Crippen molar-refractivity contribution in [1.29, 1.82) is 0 Å². The van der Waals surface area contributed by atoms with Gasteiger partial charge in [0.1, 0.15) is 19.0 Å². The lowest BCUT2D eigenvalue weighted by Gasteiger charge is -2.23. The first-order chi connectivity index (χ1) is 14.6. The summed E-state index contributed by atoms with van der Waals surface area (Å²) in [4.78, 5) is 46.7. The third-order valence-electron chi connectivity index (χ3n) is 4.29. The van der Waals surface area contributed by atoms with Crippen LogP contribution in [-0.4, -0.2) is 53.9 Å². The third-order valence-corrected chi connectivity index (χ3v) is 4.29. The minimum atomic E-state index is -0.908. The van der Waals surface area contributed by atoms with Crippen molar-refractivity contribution in [1.82, 2.24) is 10.4 Å². The number of hydrogen-bond acceptors (Lipinski definition) is 7. The molecule has 31 heavy (non-hydrogen) atoms. The molecular weight excluding hydrogens is 404 g/mol. The van der Waals surface area contributed by atoms with Gasteiger partial charge in [0, 0.05) is 13.0 Å². The van der Waals surface area contributed by atoms with E-state index in [1.807, 2.05) is 19.1 Å². The molecule has 0 bridgehead atoms. The van der Waals surface area contributed by atoms with Gasteiger partial charge in [0.2, 0.25) is 11.7 Å². The number of benzene rings is 1. The number of amides is 2. The number of nitrogens with zero attached hydrogens (tertiary/aromatic N) is 4. The second-order valence-electron chi connectivity index (χ2n) is 7.92. The number of nitrogens with two attached hydrogens (primary N) is 1. The van der Waals surface area contributed by atoms with E-state index in [-0.39, 0.29) is 26.2 Å². The Kier molecular flexibility index (Phi) is 8.34. The summed E-state index contributed by atoms with van der Waals surface area (Å²) >= 11 is 0. The molecule has 2 rings (SSSR count). The molecule has 0 spiro atoms. The van der Waals surface area contributed by atoms with Crippen LogP contribution in [0.5, 0.6) is 0 Å². The molecule has 1 aromatic rings. The maximum absolute atomic E-state index is 12.7. The highest BCUT2D eigenvalue weighted by Crippen LogP contribution is 2.21. The number of nitrogens with one attached hydrogen (secondary N) is 1. The van der Waals surface area contributed by atoms with E-state index in [2.05, 4.69) is 20.6 Å². The number of ketones is 1. The summed E-state index contributed by atoms with van der Waals surface area (Å²) in [7, 11) is 0. The van der Waals surface area contributed by atoms with Crippen LogP contribution in [0.3, 0.4) is 0 Å². The Morgan fingerprint density at radius 1 is 1.35 bits per heavy atom. The molecule has 11 nitrogen and oxygen atoms in total. The van der Waals surface area contributed by atoms with Crippen LogP contribution in [0.15, 0.2) is 33.5 Å². The van der Waals surface area contributed by atoms with Crippen molar-refractivity contribution in [2.45, 2.75) is 52.3 Å². The monoisotopic (exact) mass is 432 g/mol. The molecule has 1 aliphatic rings. The van der Waals surface area contributed by atoms with Gasteiger partial charge in [0.25, 0.3) is 0 Å². The number of hydroxylamine groups is 2. The Morgan fingerprint density at radius 3 is 2.77 bits per heavy atom. The van der Waals surface area contributed by atoms with E-state index < -0.39 is 29.2 Å². The van der Waals surface area contributed by atoms with Crippen LogP contribution in [0.2, 0.25) is 0 Å². The van der Waals surface area contributed by atoms with E-state index in [0.717, 1.165) is 16.2 Å². The van der Waals surface area contributed by atoms with Crippen LogP contribution in [0, 0.1) is 6.92 Å². The third kappa shape index (κ3) is 7.23. The van der Waals surface area contributed by atoms with Crippen LogP contribution in [-0.2, 0) is 30.5 Å². The molecule has 1 aliphatic heterocycles. The van der Waals surface area contributed by atoms with Crippen molar-refractivity contribution in [3.8, 4) is 0 Å². The number of ether oxygens (including phenoxy) is 1. The molecule has 1 atom stereocenters. The fourth-order valence-corrected chi connectivity index (χ4v) is 2.77. The average Bonchev–Trinajstić information content (AvgIpc) is 3.20. The van der Waals surface area contributed by atoms with Crippen LogP contribution in [0.25, 0.3) is 0 Å². The second kappa shape index (κ2) is 10.7. The second-order valence-corrected chi connectivity index (χ2v) is 7.92. The number of rotatable bonds is 8. The summed E-state index contributed by atoms with van der Waals surface area (Å²) in [6.07, 6.45) is 1.48. The Balaban J connectivity index is 2.02. The van der Waals surface area contributed by atoms with E-state index in [9.17, 15) is 14.4 Å². The van der Waals surface area contributed by atoms with Crippen molar-refractivity contribution in [3.63, 3.8) is 0 Å². The van der Waals surface area contributed by atoms with Crippen molar-refractivity contribution in [2.75, 3.05) is 13.2 Å². The van der Waals surface area contributed by atoms with Crippen LogP contribution in [0.1, 0.15) is 38.3 Å². The van der Waals surface area contributed by atoms with Gasteiger partial charge < -0.3 is 15.9 Å². The topological polar surface area (TPSA) is 148 Å². The van der Waals surface area contributed by atoms with E-state index >= 15 is 0 Å². The molecule has 0 unspecified atom stereocenters. The molecule has 3 N–H and O–H groups in total. The van der Waals surface area contributed by atoms with Gasteiger partial charge in [-0.05, 0) is 39.3 Å². The Labute approximate surface area is 180 Å². The molecule has 11 heteroatoms. The van der Waals surface area contributed by atoms with Crippen molar-refractivity contribution < 1.29 is 24.0 Å². The van der Waals surface area contributed by atoms with Crippen molar-refractivity contribution >= 4 is 29.6 Å². The molecule has 2 amide bonds.